The molecular formula is C34H58O10. The summed E-state index contributed by atoms with van der Waals surface area (Å²) < 4.78 is 18.3. The number of hydrogen-bond acceptors (Lipinski definition) is 9. The summed E-state index contributed by atoms with van der Waals surface area (Å²) in [6.45, 7) is 31.5. The third-order valence-corrected chi connectivity index (χ3v) is 4.84. The van der Waals surface area contributed by atoms with Gasteiger partial charge >= 0.3 is 29.8 Å². The van der Waals surface area contributed by atoms with E-state index in [1.165, 1.54) is 32.1 Å². The molecule has 0 atom stereocenters. The van der Waals surface area contributed by atoms with Crippen molar-refractivity contribution in [3.05, 3.63) is 62.3 Å². The van der Waals surface area contributed by atoms with E-state index in [1.54, 1.807) is 6.92 Å². The second kappa shape index (κ2) is 35.2. The number of carboxylic acids is 1. The van der Waals surface area contributed by atoms with Crippen molar-refractivity contribution in [2.45, 2.75) is 93.4 Å². The highest BCUT2D eigenvalue weighted by Gasteiger charge is 2.20. The van der Waals surface area contributed by atoms with Crippen LogP contribution in [0.1, 0.15) is 93.4 Å². The zero-order chi connectivity index (χ0) is 35.6. The monoisotopic (exact) mass is 626 g/mol. The van der Waals surface area contributed by atoms with Gasteiger partial charge in [-0.05, 0) is 31.6 Å². The standard InChI is InChI=1S/C9H16O2.3C7H12O2.C4H6O2/c1-3-5-6-7-8-11-9(10)4-2;1-5(6(8)9)7(2,3)4;1-4-6(3)7(8)9-5-2;1-3-5-6-9-7(8)4-2;1-3-4(5)6-2/h4H,2-3,5-8H2,1H3;1H2,2-4H3,(H,8,9);3-5H2,1-2H3;4H,2-3,5-6H2,1H3;3H,1H2,2H3. The lowest BCUT2D eigenvalue weighted by Gasteiger charge is -2.17. The van der Waals surface area contributed by atoms with Crippen molar-refractivity contribution in [1.29, 1.82) is 0 Å². The summed E-state index contributed by atoms with van der Waals surface area (Å²) >= 11 is 0. The van der Waals surface area contributed by atoms with Crippen molar-refractivity contribution in [3.63, 3.8) is 0 Å². The van der Waals surface area contributed by atoms with Gasteiger partial charge in [-0.3, -0.25) is 0 Å². The molecule has 10 nitrogen and oxygen atoms in total. The third-order valence-electron chi connectivity index (χ3n) is 4.84. The van der Waals surface area contributed by atoms with Crippen molar-refractivity contribution in [1.82, 2.24) is 0 Å². The predicted octanol–water partition coefficient (Wildman–Crippen LogP) is 7.35. The van der Waals surface area contributed by atoms with Crippen LogP contribution in [0.15, 0.2) is 62.3 Å². The summed E-state index contributed by atoms with van der Waals surface area (Å²) in [5.74, 6) is -2.23. The second-order valence-corrected chi connectivity index (χ2v) is 9.60. The predicted molar refractivity (Wildman–Crippen MR) is 176 cm³/mol. The summed E-state index contributed by atoms with van der Waals surface area (Å²) in [6, 6.07) is 0. The fourth-order valence-electron chi connectivity index (χ4n) is 1.92. The molecule has 0 aliphatic carbocycles. The molecule has 0 rings (SSSR count). The molecular weight excluding hydrogens is 568 g/mol. The van der Waals surface area contributed by atoms with Crippen LogP contribution in [0.3, 0.4) is 0 Å². The first-order chi connectivity index (χ1) is 20.5. The van der Waals surface area contributed by atoms with Gasteiger partial charge in [-0.1, -0.05) is 100 Å². The molecule has 0 aromatic rings. The van der Waals surface area contributed by atoms with Gasteiger partial charge in [0.25, 0.3) is 0 Å². The van der Waals surface area contributed by atoms with E-state index >= 15 is 0 Å². The summed E-state index contributed by atoms with van der Waals surface area (Å²) in [4.78, 5) is 51.6. The SMILES string of the molecule is C=C(C(=O)O)C(C)(C)C.C=C(CC)C(=O)OCC.C=CC(=O)OC.C=CC(=O)OCCCC.C=CC(=O)OCCCCCC. The Morgan fingerprint density at radius 2 is 1.11 bits per heavy atom. The number of carbonyl (C=O) groups excluding carboxylic acids is 4. The van der Waals surface area contributed by atoms with E-state index in [4.69, 9.17) is 9.84 Å². The van der Waals surface area contributed by atoms with Crippen LogP contribution in [0.25, 0.3) is 0 Å². The molecule has 0 spiro atoms. The van der Waals surface area contributed by atoms with Crippen LogP contribution in [0.2, 0.25) is 0 Å². The van der Waals surface area contributed by atoms with Gasteiger partial charge in [0, 0.05) is 29.4 Å². The van der Waals surface area contributed by atoms with Crippen LogP contribution in [-0.4, -0.2) is 61.9 Å². The van der Waals surface area contributed by atoms with Crippen LogP contribution in [0.4, 0.5) is 0 Å². The smallest absolute Gasteiger partial charge is 0.333 e. The normalized spacial score (nSPS) is 9.00. The maximum Gasteiger partial charge on any atom is 0.333 e. The molecule has 0 aliphatic rings. The van der Waals surface area contributed by atoms with Crippen LogP contribution in [0, 0.1) is 5.41 Å². The first-order valence-electron chi connectivity index (χ1n) is 14.6. The Kier molecular flexibility index (Phi) is 39.8. The second-order valence-electron chi connectivity index (χ2n) is 9.60. The molecule has 0 saturated heterocycles. The van der Waals surface area contributed by atoms with Gasteiger partial charge in [0.1, 0.15) is 0 Å². The van der Waals surface area contributed by atoms with Crippen molar-refractivity contribution in [2.75, 3.05) is 26.9 Å². The van der Waals surface area contributed by atoms with Gasteiger partial charge in [-0.15, -0.1) is 0 Å². The van der Waals surface area contributed by atoms with E-state index in [-0.39, 0.29) is 28.9 Å². The largest absolute Gasteiger partial charge is 0.478 e. The van der Waals surface area contributed by atoms with E-state index in [9.17, 15) is 24.0 Å². The van der Waals surface area contributed by atoms with E-state index < -0.39 is 11.9 Å². The molecule has 44 heavy (non-hydrogen) atoms. The number of hydrogen-bond donors (Lipinski definition) is 1. The molecule has 0 aliphatic heterocycles. The summed E-state index contributed by atoms with van der Waals surface area (Å²) in [6.07, 6.45) is 10.6. The zero-order valence-electron chi connectivity index (χ0n) is 28.5. The maximum absolute atomic E-state index is 10.7. The quantitative estimate of drug-likeness (QED) is 0.0848. The number of esters is 4. The Labute approximate surface area is 265 Å². The molecule has 0 saturated carbocycles. The van der Waals surface area contributed by atoms with Gasteiger partial charge in [0.15, 0.2) is 0 Å². The summed E-state index contributed by atoms with van der Waals surface area (Å²) in [7, 11) is 1.31. The number of carbonyl (C=O) groups is 5. The number of unbranched alkanes of at least 4 members (excludes halogenated alkanes) is 4. The summed E-state index contributed by atoms with van der Waals surface area (Å²) in [5.41, 5.74) is 0.477. The highest BCUT2D eigenvalue weighted by atomic mass is 16.5. The van der Waals surface area contributed by atoms with Crippen LogP contribution in [-0.2, 0) is 42.9 Å². The van der Waals surface area contributed by atoms with Crippen molar-refractivity contribution < 1.29 is 48.0 Å². The minimum absolute atomic E-state index is 0.252. The summed E-state index contributed by atoms with van der Waals surface area (Å²) in [5, 5.41) is 8.42. The van der Waals surface area contributed by atoms with Gasteiger partial charge in [-0.2, -0.15) is 0 Å². The number of carboxylic acid groups (broad SMARTS) is 1. The Hall–Kier alpha value is -3.95. The molecule has 0 amide bonds. The molecule has 0 aromatic heterocycles. The van der Waals surface area contributed by atoms with Crippen LogP contribution < -0.4 is 0 Å². The van der Waals surface area contributed by atoms with Gasteiger partial charge in [-0.25, -0.2) is 24.0 Å². The molecule has 0 bridgehead atoms. The average molecular weight is 627 g/mol. The third kappa shape index (κ3) is 42.5. The van der Waals surface area contributed by atoms with Gasteiger partial charge in [0.2, 0.25) is 0 Å². The molecule has 0 aromatic carbocycles. The minimum atomic E-state index is -0.914. The number of methoxy groups -OCH3 is 1. The first-order valence-corrected chi connectivity index (χ1v) is 14.6. The molecule has 1 N–H and O–H groups in total. The van der Waals surface area contributed by atoms with Crippen LogP contribution in [0.5, 0.6) is 0 Å². The first kappa shape index (κ1) is 49.7. The maximum atomic E-state index is 10.7. The lowest BCUT2D eigenvalue weighted by molar-refractivity contribution is -0.139. The fraction of sp³-hybridized carbons (Fsp3) is 0.559. The number of ether oxygens (including phenoxy) is 4. The van der Waals surface area contributed by atoms with Crippen molar-refractivity contribution in [3.8, 4) is 0 Å². The lowest BCUT2D eigenvalue weighted by Crippen LogP contribution is -2.15. The van der Waals surface area contributed by atoms with Crippen molar-refractivity contribution in [2.24, 2.45) is 5.41 Å². The topological polar surface area (TPSA) is 142 Å². The minimum Gasteiger partial charge on any atom is -0.478 e. The van der Waals surface area contributed by atoms with Gasteiger partial charge < -0.3 is 24.1 Å². The van der Waals surface area contributed by atoms with Crippen LogP contribution >= 0.6 is 0 Å². The Bertz CT molecular complexity index is 864. The van der Waals surface area contributed by atoms with E-state index in [0.717, 1.165) is 31.8 Å². The zero-order valence-corrected chi connectivity index (χ0v) is 28.5. The van der Waals surface area contributed by atoms with E-state index in [2.05, 4.69) is 54.0 Å². The molecule has 0 radical (unpaired) electrons. The number of aliphatic carboxylic acids is 1. The average Bonchev–Trinajstić information content (AvgIpc) is 3.00. The van der Waals surface area contributed by atoms with Crippen molar-refractivity contribution >= 4 is 29.8 Å². The Morgan fingerprint density at radius 3 is 1.36 bits per heavy atom. The molecule has 10 heteroatoms. The Morgan fingerprint density at radius 1 is 0.682 bits per heavy atom. The van der Waals surface area contributed by atoms with Gasteiger partial charge in [0.05, 0.1) is 26.9 Å². The molecule has 0 unspecified atom stereocenters. The lowest BCUT2D eigenvalue weighted by atomic mass is 9.88. The highest BCUT2D eigenvalue weighted by Crippen LogP contribution is 2.22. The molecule has 0 fully saturated rings. The van der Waals surface area contributed by atoms with E-state index in [0.29, 0.717) is 31.8 Å². The Balaban J connectivity index is -0.000000146. The number of rotatable bonds is 15. The van der Waals surface area contributed by atoms with E-state index in [1.807, 2.05) is 34.6 Å². The molecule has 0 heterocycles. The highest BCUT2D eigenvalue weighted by molar-refractivity contribution is 5.87. The molecule has 254 valence electrons. The fourth-order valence-corrected chi connectivity index (χ4v) is 1.92.